The Morgan fingerprint density at radius 2 is 1.74 bits per heavy atom. The van der Waals surface area contributed by atoms with E-state index in [1.54, 1.807) is 18.2 Å². The molecule has 0 radical (unpaired) electrons. The molecule has 27 heavy (non-hydrogen) atoms. The van der Waals surface area contributed by atoms with Gasteiger partial charge in [-0.05, 0) is 63.3 Å². The summed E-state index contributed by atoms with van der Waals surface area (Å²) in [6.07, 6.45) is 2.88. The minimum Gasteiger partial charge on any atom is -0.352 e. The van der Waals surface area contributed by atoms with Gasteiger partial charge in [0, 0.05) is 24.8 Å². The molecule has 0 aliphatic rings. The van der Waals surface area contributed by atoms with E-state index in [0.717, 1.165) is 18.5 Å². The summed E-state index contributed by atoms with van der Waals surface area (Å²) in [6.45, 7) is 1.85. The number of rotatable bonds is 9. The van der Waals surface area contributed by atoms with Crippen LogP contribution in [0.2, 0.25) is 0 Å². The van der Waals surface area contributed by atoms with E-state index in [-0.39, 0.29) is 23.3 Å². The number of carbonyl (C=O) groups is 2. The highest BCUT2D eigenvalue weighted by Gasteiger charge is 2.11. The fourth-order valence-corrected chi connectivity index (χ4v) is 2.46. The van der Waals surface area contributed by atoms with Crippen molar-refractivity contribution >= 4 is 11.8 Å². The highest BCUT2D eigenvalue weighted by atomic mass is 19.1. The molecule has 0 aliphatic carbocycles. The van der Waals surface area contributed by atoms with Crippen molar-refractivity contribution in [1.82, 2.24) is 20.5 Å². The lowest BCUT2D eigenvalue weighted by molar-refractivity contribution is 0.0949. The van der Waals surface area contributed by atoms with Gasteiger partial charge in [0.1, 0.15) is 11.5 Å². The van der Waals surface area contributed by atoms with Crippen molar-refractivity contribution < 1.29 is 14.0 Å². The number of aromatic nitrogens is 1. The van der Waals surface area contributed by atoms with Gasteiger partial charge in [0.15, 0.2) is 0 Å². The molecule has 2 rings (SSSR count). The van der Waals surface area contributed by atoms with Gasteiger partial charge in [-0.25, -0.2) is 4.39 Å². The first-order chi connectivity index (χ1) is 13.0. The molecule has 0 fully saturated rings. The number of carbonyl (C=O) groups excluding carboxylic acids is 2. The lowest BCUT2D eigenvalue weighted by Gasteiger charge is -2.10. The lowest BCUT2D eigenvalue weighted by atomic mass is 10.1. The van der Waals surface area contributed by atoms with Gasteiger partial charge in [-0.1, -0.05) is 12.1 Å². The molecule has 0 saturated carbocycles. The molecular weight excluding hydrogens is 347 g/mol. The van der Waals surface area contributed by atoms with Crippen molar-refractivity contribution in [3.05, 3.63) is 65.2 Å². The highest BCUT2D eigenvalue weighted by Crippen LogP contribution is 2.04. The third kappa shape index (κ3) is 7.15. The van der Waals surface area contributed by atoms with Gasteiger partial charge in [0.25, 0.3) is 11.8 Å². The maximum atomic E-state index is 12.9. The van der Waals surface area contributed by atoms with Crippen LogP contribution in [0, 0.1) is 5.82 Å². The number of pyridine rings is 1. The fourth-order valence-electron chi connectivity index (χ4n) is 2.46. The molecular formula is C20H25FN4O2. The molecule has 0 aliphatic heterocycles. The largest absolute Gasteiger partial charge is 0.352 e. The first kappa shape index (κ1) is 20.5. The smallest absolute Gasteiger partial charge is 0.269 e. The van der Waals surface area contributed by atoms with Crippen molar-refractivity contribution in [3.63, 3.8) is 0 Å². The van der Waals surface area contributed by atoms with Crippen LogP contribution in [0.5, 0.6) is 0 Å². The van der Waals surface area contributed by atoms with Crippen LogP contribution in [-0.2, 0) is 6.42 Å². The van der Waals surface area contributed by atoms with Crippen LogP contribution in [-0.4, -0.2) is 55.4 Å². The molecule has 2 N–H and O–H groups in total. The molecule has 2 amide bonds. The molecule has 7 heteroatoms. The minimum atomic E-state index is -0.348. The third-order valence-corrected chi connectivity index (χ3v) is 3.93. The Kier molecular flexibility index (Phi) is 7.88. The second-order valence-corrected chi connectivity index (χ2v) is 6.47. The number of hydrogen-bond acceptors (Lipinski definition) is 4. The van der Waals surface area contributed by atoms with E-state index in [9.17, 15) is 14.0 Å². The zero-order valence-corrected chi connectivity index (χ0v) is 15.7. The maximum Gasteiger partial charge on any atom is 0.269 e. The van der Waals surface area contributed by atoms with Crippen molar-refractivity contribution in [1.29, 1.82) is 0 Å². The van der Waals surface area contributed by atoms with Crippen LogP contribution >= 0.6 is 0 Å². The van der Waals surface area contributed by atoms with Crippen molar-refractivity contribution in [2.75, 3.05) is 33.7 Å². The van der Waals surface area contributed by atoms with E-state index < -0.39 is 0 Å². The summed E-state index contributed by atoms with van der Waals surface area (Å²) < 4.78 is 12.9. The van der Waals surface area contributed by atoms with Gasteiger partial charge in [-0.2, -0.15) is 0 Å². The first-order valence-electron chi connectivity index (χ1n) is 8.87. The molecule has 6 nitrogen and oxygen atoms in total. The maximum absolute atomic E-state index is 12.9. The van der Waals surface area contributed by atoms with E-state index in [1.807, 2.05) is 19.0 Å². The zero-order valence-electron chi connectivity index (χ0n) is 15.7. The van der Waals surface area contributed by atoms with Gasteiger partial charge >= 0.3 is 0 Å². The van der Waals surface area contributed by atoms with Crippen LogP contribution in [0.1, 0.15) is 32.8 Å². The molecule has 144 valence electrons. The van der Waals surface area contributed by atoms with Crippen LogP contribution in [0.15, 0.2) is 42.6 Å². The number of nitrogens with zero attached hydrogens (tertiary/aromatic N) is 2. The van der Waals surface area contributed by atoms with Gasteiger partial charge in [-0.15, -0.1) is 0 Å². The highest BCUT2D eigenvalue weighted by molar-refractivity contribution is 5.98. The number of nitrogens with one attached hydrogen (secondary N) is 2. The van der Waals surface area contributed by atoms with Crippen LogP contribution in [0.4, 0.5) is 4.39 Å². The average Bonchev–Trinajstić information content (AvgIpc) is 2.66. The van der Waals surface area contributed by atoms with Crippen molar-refractivity contribution in [2.45, 2.75) is 12.8 Å². The SMILES string of the molecule is CN(C)CCCNC(=O)c1ccnc(C(=O)NCCc2ccc(F)cc2)c1. The van der Waals surface area contributed by atoms with Gasteiger partial charge < -0.3 is 15.5 Å². The average molecular weight is 372 g/mol. The summed E-state index contributed by atoms with van der Waals surface area (Å²) in [4.78, 5) is 30.5. The summed E-state index contributed by atoms with van der Waals surface area (Å²) in [6, 6.07) is 9.20. The Morgan fingerprint density at radius 3 is 2.44 bits per heavy atom. The molecule has 0 spiro atoms. The molecule has 0 unspecified atom stereocenters. The summed E-state index contributed by atoms with van der Waals surface area (Å²) in [5.41, 5.74) is 1.52. The van der Waals surface area contributed by atoms with Crippen LogP contribution < -0.4 is 10.6 Å². The summed E-state index contributed by atoms with van der Waals surface area (Å²) >= 11 is 0. The molecule has 0 atom stereocenters. The fraction of sp³-hybridized carbons (Fsp3) is 0.350. The second kappa shape index (κ2) is 10.4. The van der Waals surface area contributed by atoms with Gasteiger partial charge in [0.2, 0.25) is 0 Å². The quantitative estimate of drug-likeness (QED) is 0.659. The summed E-state index contributed by atoms with van der Waals surface area (Å²) in [5, 5.41) is 5.59. The minimum absolute atomic E-state index is 0.190. The van der Waals surface area contributed by atoms with E-state index >= 15 is 0 Å². The molecule has 2 aromatic rings. The van der Waals surface area contributed by atoms with E-state index in [2.05, 4.69) is 15.6 Å². The van der Waals surface area contributed by atoms with Crippen molar-refractivity contribution in [3.8, 4) is 0 Å². The molecule has 0 saturated heterocycles. The Bertz CT molecular complexity index is 763. The molecule has 1 aromatic heterocycles. The summed E-state index contributed by atoms with van der Waals surface area (Å²) in [7, 11) is 3.96. The monoisotopic (exact) mass is 372 g/mol. The predicted molar refractivity (Wildman–Crippen MR) is 102 cm³/mol. The van der Waals surface area contributed by atoms with Crippen LogP contribution in [0.25, 0.3) is 0 Å². The first-order valence-corrected chi connectivity index (χ1v) is 8.87. The Hall–Kier alpha value is -2.80. The molecule has 0 bridgehead atoms. The predicted octanol–water partition coefficient (Wildman–Crippen LogP) is 1.87. The van der Waals surface area contributed by atoms with Gasteiger partial charge in [-0.3, -0.25) is 14.6 Å². The Labute approximate surface area is 158 Å². The molecule has 1 heterocycles. The number of halogens is 1. The third-order valence-electron chi connectivity index (χ3n) is 3.93. The Balaban J connectivity index is 1.83. The van der Waals surface area contributed by atoms with E-state index in [4.69, 9.17) is 0 Å². The van der Waals surface area contributed by atoms with Crippen molar-refractivity contribution in [2.24, 2.45) is 0 Å². The van der Waals surface area contributed by atoms with E-state index in [1.165, 1.54) is 24.4 Å². The normalized spacial score (nSPS) is 10.7. The number of hydrogen-bond donors (Lipinski definition) is 2. The van der Waals surface area contributed by atoms with E-state index in [0.29, 0.717) is 25.1 Å². The summed E-state index contributed by atoms with van der Waals surface area (Å²) in [5.74, 6) is -0.861. The Morgan fingerprint density at radius 1 is 1.04 bits per heavy atom. The van der Waals surface area contributed by atoms with Gasteiger partial charge in [0.05, 0.1) is 0 Å². The number of amides is 2. The lowest BCUT2D eigenvalue weighted by Crippen LogP contribution is -2.29. The zero-order chi connectivity index (χ0) is 19.6. The number of benzene rings is 1. The van der Waals surface area contributed by atoms with Crippen LogP contribution in [0.3, 0.4) is 0 Å². The topological polar surface area (TPSA) is 74.3 Å². The standard InChI is InChI=1S/C20H25FN4O2/c1-25(2)13-3-10-23-19(26)16-9-12-22-18(14-16)20(27)24-11-8-15-4-6-17(21)7-5-15/h4-7,9,12,14H,3,8,10-11,13H2,1-2H3,(H,23,26)(H,24,27). The second-order valence-electron chi connectivity index (χ2n) is 6.47. The molecule has 1 aromatic carbocycles.